The average molecular weight is 253 g/mol. The fourth-order valence-corrected chi connectivity index (χ4v) is 2.68. The zero-order valence-corrected chi connectivity index (χ0v) is 11.4. The van der Waals surface area contributed by atoms with Gasteiger partial charge in [-0.3, -0.25) is 4.90 Å². The first-order chi connectivity index (χ1) is 8.01. The van der Waals surface area contributed by atoms with Crippen LogP contribution in [-0.2, 0) is 5.54 Å². The van der Waals surface area contributed by atoms with Crippen molar-refractivity contribution in [1.29, 1.82) is 0 Å². The van der Waals surface area contributed by atoms with Crippen molar-refractivity contribution < 1.29 is 0 Å². The van der Waals surface area contributed by atoms with Crippen molar-refractivity contribution >= 4 is 11.6 Å². The summed E-state index contributed by atoms with van der Waals surface area (Å²) >= 11 is 5.92. The van der Waals surface area contributed by atoms with Crippen LogP contribution in [0.4, 0.5) is 0 Å². The predicted octanol–water partition coefficient (Wildman–Crippen LogP) is 3.00. The molecule has 2 unspecified atom stereocenters. The van der Waals surface area contributed by atoms with Crippen LogP contribution in [0.25, 0.3) is 0 Å². The Morgan fingerprint density at radius 3 is 2.29 bits per heavy atom. The number of rotatable bonds is 3. The lowest BCUT2D eigenvalue weighted by Crippen LogP contribution is -2.52. The molecule has 0 amide bonds. The van der Waals surface area contributed by atoms with Gasteiger partial charge in [-0.05, 0) is 57.5 Å². The molecule has 1 heterocycles. The monoisotopic (exact) mass is 252 g/mol. The lowest BCUT2D eigenvalue weighted by atomic mass is 9.85. The van der Waals surface area contributed by atoms with E-state index in [4.69, 9.17) is 17.3 Å². The fourth-order valence-electron chi connectivity index (χ4n) is 2.56. The molecule has 1 saturated heterocycles. The van der Waals surface area contributed by atoms with Crippen molar-refractivity contribution in [1.82, 2.24) is 4.90 Å². The zero-order valence-electron chi connectivity index (χ0n) is 10.6. The van der Waals surface area contributed by atoms with E-state index in [0.717, 1.165) is 10.6 Å². The third kappa shape index (κ3) is 2.65. The van der Waals surface area contributed by atoms with Gasteiger partial charge in [0.25, 0.3) is 0 Å². The quantitative estimate of drug-likeness (QED) is 0.896. The molecule has 0 spiro atoms. The number of nitrogens with zero attached hydrogens (tertiary/aromatic N) is 1. The van der Waals surface area contributed by atoms with Crippen molar-refractivity contribution in [2.75, 3.05) is 13.1 Å². The number of hydrogen-bond acceptors (Lipinski definition) is 2. The molecule has 0 aromatic heterocycles. The Bertz CT molecular complexity index is 366. The first kappa shape index (κ1) is 12.9. The van der Waals surface area contributed by atoms with Crippen LogP contribution < -0.4 is 5.73 Å². The van der Waals surface area contributed by atoms with Crippen LogP contribution in [-0.4, -0.2) is 24.0 Å². The molecule has 3 heteroatoms. The molecule has 0 bridgehead atoms. The summed E-state index contributed by atoms with van der Waals surface area (Å²) in [6, 6.07) is 8.26. The maximum Gasteiger partial charge on any atom is 0.0536 e. The van der Waals surface area contributed by atoms with Crippen molar-refractivity contribution in [3.05, 3.63) is 34.9 Å². The van der Waals surface area contributed by atoms with E-state index in [2.05, 4.69) is 18.7 Å². The second-order valence-corrected chi connectivity index (χ2v) is 5.65. The maximum absolute atomic E-state index is 6.53. The number of nitrogens with two attached hydrogens (primary N) is 1. The molecular weight excluding hydrogens is 232 g/mol. The third-order valence-corrected chi connectivity index (χ3v) is 4.27. The fraction of sp³-hybridized carbons (Fsp3) is 0.571. The highest BCUT2D eigenvalue weighted by Gasteiger charge is 2.33. The normalized spacial score (nSPS) is 22.4. The van der Waals surface area contributed by atoms with E-state index in [1.165, 1.54) is 25.9 Å². The molecule has 0 aliphatic carbocycles. The molecule has 0 saturated carbocycles. The summed E-state index contributed by atoms with van der Waals surface area (Å²) in [6.45, 7) is 6.67. The van der Waals surface area contributed by atoms with Gasteiger partial charge >= 0.3 is 0 Å². The van der Waals surface area contributed by atoms with Gasteiger partial charge in [0, 0.05) is 11.1 Å². The van der Waals surface area contributed by atoms with Crippen LogP contribution in [0.3, 0.4) is 0 Å². The second kappa shape index (κ2) is 4.97. The van der Waals surface area contributed by atoms with Crippen LogP contribution in [0.5, 0.6) is 0 Å². The first-order valence-corrected chi connectivity index (χ1v) is 6.68. The molecule has 1 aliphatic rings. The Hall–Kier alpha value is -0.570. The van der Waals surface area contributed by atoms with Gasteiger partial charge in [-0.2, -0.15) is 0 Å². The summed E-state index contributed by atoms with van der Waals surface area (Å²) < 4.78 is 0. The number of hydrogen-bond donors (Lipinski definition) is 1. The molecule has 17 heavy (non-hydrogen) atoms. The molecule has 2 N–H and O–H groups in total. The standard InChI is InChI=1S/C14H21ClN2/c1-11(17-9-3-4-10-17)14(2,16)12-5-7-13(15)8-6-12/h5-8,11H,3-4,9-10,16H2,1-2H3. The molecule has 2 atom stereocenters. The minimum absolute atomic E-state index is 0.324. The smallest absolute Gasteiger partial charge is 0.0536 e. The van der Waals surface area contributed by atoms with Crippen molar-refractivity contribution in [3.63, 3.8) is 0 Å². The van der Waals surface area contributed by atoms with Crippen LogP contribution in [0, 0.1) is 0 Å². The molecular formula is C14H21ClN2. The van der Waals surface area contributed by atoms with Crippen LogP contribution in [0.15, 0.2) is 24.3 Å². The van der Waals surface area contributed by atoms with E-state index in [9.17, 15) is 0 Å². The van der Waals surface area contributed by atoms with Crippen molar-refractivity contribution in [3.8, 4) is 0 Å². The minimum Gasteiger partial charge on any atom is -0.320 e. The van der Waals surface area contributed by atoms with E-state index in [1.54, 1.807) is 0 Å². The predicted molar refractivity (Wildman–Crippen MR) is 73.3 cm³/mol. The summed E-state index contributed by atoms with van der Waals surface area (Å²) in [4.78, 5) is 2.48. The molecule has 0 radical (unpaired) electrons. The molecule has 1 fully saturated rings. The van der Waals surface area contributed by atoms with E-state index in [-0.39, 0.29) is 5.54 Å². The Morgan fingerprint density at radius 1 is 1.24 bits per heavy atom. The van der Waals surface area contributed by atoms with Crippen molar-refractivity contribution in [2.24, 2.45) is 5.73 Å². The Balaban J connectivity index is 2.19. The van der Waals surface area contributed by atoms with Gasteiger partial charge in [0.15, 0.2) is 0 Å². The van der Waals surface area contributed by atoms with Gasteiger partial charge in [-0.15, -0.1) is 0 Å². The largest absolute Gasteiger partial charge is 0.320 e. The zero-order chi connectivity index (χ0) is 12.5. The highest BCUT2D eigenvalue weighted by molar-refractivity contribution is 6.30. The van der Waals surface area contributed by atoms with Gasteiger partial charge in [-0.1, -0.05) is 23.7 Å². The molecule has 2 rings (SSSR count). The third-order valence-electron chi connectivity index (χ3n) is 4.02. The average Bonchev–Trinajstić information content (AvgIpc) is 2.82. The first-order valence-electron chi connectivity index (χ1n) is 6.31. The Labute approximate surface area is 109 Å². The SMILES string of the molecule is CC(N1CCCC1)C(C)(N)c1ccc(Cl)cc1. The topological polar surface area (TPSA) is 29.3 Å². The van der Waals surface area contributed by atoms with Gasteiger partial charge in [-0.25, -0.2) is 0 Å². The van der Waals surface area contributed by atoms with Gasteiger partial charge in [0.1, 0.15) is 0 Å². The molecule has 1 aromatic rings. The second-order valence-electron chi connectivity index (χ2n) is 5.21. The molecule has 2 nitrogen and oxygen atoms in total. The molecule has 94 valence electrons. The Kier molecular flexibility index (Phi) is 3.76. The highest BCUT2D eigenvalue weighted by atomic mass is 35.5. The highest BCUT2D eigenvalue weighted by Crippen LogP contribution is 2.28. The van der Waals surface area contributed by atoms with Gasteiger partial charge < -0.3 is 5.73 Å². The van der Waals surface area contributed by atoms with E-state index < -0.39 is 0 Å². The number of halogens is 1. The Morgan fingerprint density at radius 2 is 1.76 bits per heavy atom. The summed E-state index contributed by atoms with van der Waals surface area (Å²) in [5.41, 5.74) is 7.36. The van der Waals surface area contributed by atoms with Gasteiger partial charge in [0.05, 0.1) is 5.54 Å². The van der Waals surface area contributed by atoms with Crippen LogP contribution in [0.2, 0.25) is 5.02 Å². The van der Waals surface area contributed by atoms with Gasteiger partial charge in [0.2, 0.25) is 0 Å². The molecule has 1 aliphatic heterocycles. The van der Waals surface area contributed by atoms with E-state index >= 15 is 0 Å². The minimum atomic E-state index is -0.324. The summed E-state index contributed by atoms with van der Waals surface area (Å²) in [5.74, 6) is 0. The van der Waals surface area contributed by atoms with Crippen LogP contribution in [0.1, 0.15) is 32.3 Å². The summed E-state index contributed by atoms with van der Waals surface area (Å²) in [5, 5.41) is 0.762. The van der Waals surface area contributed by atoms with Crippen molar-refractivity contribution in [2.45, 2.75) is 38.3 Å². The lowest BCUT2D eigenvalue weighted by molar-refractivity contribution is 0.172. The summed E-state index contributed by atoms with van der Waals surface area (Å²) in [7, 11) is 0. The van der Waals surface area contributed by atoms with E-state index in [0.29, 0.717) is 6.04 Å². The van der Waals surface area contributed by atoms with E-state index in [1.807, 2.05) is 24.3 Å². The lowest BCUT2D eigenvalue weighted by Gasteiger charge is -2.38. The number of benzene rings is 1. The van der Waals surface area contributed by atoms with Crippen LogP contribution >= 0.6 is 11.6 Å². The molecule has 1 aromatic carbocycles. The maximum atomic E-state index is 6.53. The summed E-state index contributed by atoms with van der Waals surface area (Å²) in [6.07, 6.45) is 2.59. The number of likely N-dealkylation sites (tertiary alicyclic amines) is 1.